The molecule has 2 aromatic carbocycles. The maximum Gasteiger partial charge on any atom is 0.247 e. The number of nitrogens with one attached hydrogen (secondary N) is 1. The molecule has 0 radical (unpaired) electrons. The number of benzene rings is 2. The number of halogens is 3. The number of sulfonamides is 1. The lowest BCUT2D eigenvalue weighted by Crippen LogP contribution is -2.45. The van der Waals surface area contributed by atoms with Gasteiger partial charge >= 0.3 is 0 Å². The topological polar surface area (TPSA) is 66.5 Å². The van der Waals surface area contributed by atoms with E-state index in [1.807, 2.05) is 0 Å². The van der Waals surface area contributed by atoms with Gasteiger partial charge in [-0.25, -0.2) is 12.8 Å². The van der Waals surface area contributed by atoms with Crippen LogP contribution in [0.15, 0.2) is 42.5 Å². The Morgan fingerprint density at radius 3 is 2.44 bits per heavy atom. The highest BCUT2D eigenvalue weighted by Crippen LogP contribution is 2.25. The summed E-state index contributed by atoms with van der Waals surface area (Å²) in [5.74, 6) is -1.22. The number of anilines is 2. The van der Waals surface area contributed by atoms with Crippen molar-refractivity contribution in [1.29, 1.82) is 0 Å². The van der Waals surface area contributed by atoms with E-state index in [4.69, 9.17) is 23.2 Å². The lowest BCUT2D eigenvalue weighted by atomic mass is 10.2. The molecule has 0 aliphatic carbocycles. The van der Waals surface area contributed by atoms with E-state index in [1.54, 1.807) is 12.1 Å². The van der Waals surface area contributed by atoms with E-state index in [0.717, 1.165) is 16.6 Å². The van der Waals surface area contributed by atoms with E-state index in [9.17, 15) is 17.6 Å². The van der Waals surface area contributed by atoms with Crippen molar-refractivity contribution < 1.29 is 17.6 Å². The molecule has 2 aromatic rings. The summed E-state index contributed by atoms with van der Waals surface area (Å²) in [6, 6.07) is 8.76. The lowest BCUT2D eigenvalue weighted by molar-refractivity contribution is -0.116. The van der Waals surface area contributed by atoms with Gasteiger partial charge in [-0.1, -0.05) is 29.3 Å². The number of carbonyl (C=O) groups is 1. The predicted molar refractivity (Wildman–Crippen MR) is 98.3 cm³/mol. The summed E-state index contributed by atoms with van der Waals surface area (Å²) in [6.45, 7) is 1.43. The predicted octanol–water partition coefficient (Wildman–Crippen LogP) is 3.93. The quantitative estimate of drug-likeness (QED) is 0.820. The highest BCUT2D eigenvalue weighted by atomic mass is 35.5. The van der Waals surface area contributed by atoms with Gasteiger partial charge in [0.15, 0.2) is 0 Å². The highest BCUT2D eigenvalue weighted by molar-refractivity contribution is 7.92. The molecule has 1 atom stereocenters. The molecule has 0 bridgehead atoms. The molecule has 134 valence electrons. The molecule has 0 spiro atoms. The molecule has 0 heterocycles. The Balaban J connectivity index is 2.31. The van der Waals surface area contributed by atoms with Crippen LogP contribution in [0.3, 0.4) is 0 Å². The third-order valence-electron chi connectivity index (χ3n) is 3.34. The first-order valence-corrected chi connectivity index (χ1v) is 9.71. The molecule has 1 N–H and O–H groups in total. The summed E-state index contributed by atoms with van der Waals surface area (Å²) in [7, 11) is -3.76. The molecule has 0 aromatic heterocycles. The van der Waals surface area contributed by atoms with Gasteiger partial charge in [0, 0.05) is 10.7 Å². The molecule has 0 aliphatic heterocycles. The first-order valence-electron chi connectivity index (χ1n) is 7.10. The molecular weight excluding hydrogens is 390 g/mol. The zero-order valence-corrected chi connectivity index (χ0v) is 15.7. The summed E-state index contributed by atoms with van der Waals surface area (Å²) in [6.07, 6.45) is 0.993. The Bertz CT molecular complexity index is 906. The van der Waals surface area contributed by atoms with Crippen molar-refractivity contribution in [2.24, 2.45) is 0 Å². The number of carbonyl (C=O) groups excluding carboxylic acids is 1. The van der Waals surface area contributed by atoms with Gasteiger partial charge in [-0.15, -0.1) is 0 Å². The molecule has 1 unspecified atom stereocenters. The summed E-state index contributed by atoms with van der Waals surface area (Å²) >= 11 is 11.6. The van der Waals surface area contributed by atoms with Crippen molar-refractivity contribution in [3.63, 3.8) is 0 Å². The lowest BCUT2D eigenvalue weighted by Gasteiger charge is -2.28. The average Bonchev–Trinajstić information content (AvgIpc) is 2.49. The molecule has 2 rings (SSSR count). The molecular formula is C16H15Cl2FN2O3S. The zero-order chi connectivity index (χ0) is 18.8. The van der Waals surface area contributed by atoms with Crippen LogP contribution in [-0.4, -0.2) is 26.6 Å². The Kier molecular flexibility index (Phi) is 5.92. The number of amides is 1. The first kappa shape index (κ1) is 19.5. The van der Waals surface area contributed by atoms with Gasteiger partial charge in [0.25, 0.3) is 0 Å². The largest absolute Gasteiger partial charge is 0.324 e. The van der Waals surface area contributed by atoms with Crippen LogP contribution in [0.25, 0.3) is 0 Å². The second-order valence-corrected chi connectivity index (χ2v) is 8.04. The van der Waals surface area contributed by atoms with E-state index in [-0.39, 0.29) is 16.4 Å². The van der Waals surface area contributed by atoms with Crippen LogP contribution < -0.4 is 9.62 Å². The second-order valence-electron chi connectivity index (χ2n) is 5.33. The second kappa shape index (κ2) is 7.59. The molecule has 5 nitrogen and oxygen atoms in total. The van der Waals surface area contributed by atoms with Gasteiger partial charge in [-0.3, -0.25) is 9.10 Å². The standard InChI is InChI=1S/C16H15Cl2FN2O3S/c1-10(16(22)20-12-6-7-15(19)14(18)9-12)21(25(2,23)24)13-5-3-4-11(17)8-13/h3-10H,1-2H3,(H,20,22). The minimum atomic E-state index is -3.76. The van der Waals surface area contributed by atoms with Gasteiger partial charge in [0.1, 0.15) is 11.9 Å². The van der Waals surface area contributed by atoms with E-state index in [0.29, 0.717) is 5.02 Å². The SMILES string of the molecule is CC(C(=O)Nc1ccc(F)c(Cl)c1)N(c1cccc(Cl)c1)S(C)(=O)=O. The van der Waals surface area contributed by atoms with E-state index < -0.39 is 27.8 Å². The molecule has 0 saturated heterocycles. The highest BCUT2D eigenvalue weighted by Gasteiger charge is 2.29. The average molecular weight is 405 g/mol. The number of nitrogens with zero attached hydrogens (tertiary/aromatic N) is 1. The van der Waals surface area contributed by atoms with Crippen LogP contribution in [0.4, 0.5) is 15.8 Å². The Hall–Kier alpha value is -1.83. The first-order chi connectivity index (χ1) is 11.6. The van der Waals surface area contributed by atoms with Gasteiger partial charge < -0.3 is 5.32 Å². The molecule has 0 fully saturated rings. The third kappa shape index (κ3) is 4.84. The van der Waals surface area contributed by atoms with Crippen molar-refractivity contribution >= 4 is 50.5 Å². The maximum absolute atomic E-state index is 13.2. The van der Waals surface area contributed by atoms with Gasteiger partial charge in [-0.05, 0) is 43.3 Å². The minimum Gasteiger partial charge on any atom is -0.324 e. The number of hydrogen-bond acceptors (Lipinski definition) is 3. The van der Waals surface area contributed by atoms with E-state index in [2.05, 4.69) is 5.32 Å². The van der Waals surface area contributed by atoms with E-state index in [1.165, 1.54) is 31.2 Å². The van der Waals surface area contributed by atoms with Gasteiger partial charge in [-0.2, -0.15) is 0 Å². The van der Waals surface area contributed by atoms with Crippen molar-refractivity contribution in [2.45, 2.75) is 13.0 Å². The molecule has 0 saturated carbocycles. The molecule has 1 amide bonds. The molecule has 25 heavy (non-hydrogen) atoms. The smallest absolute Gasteiger partial charge is 0.247 e. The van der Waals surface area contributed by atoms with Gasteiger partial charge in [0.2, 0.25) is 15.9 Å². The van der Waals surface area contributed by atoms with Crippen molar-refractivity contribution in [1.82, 2.24) is 0 Å². The Morgan fingerprint density at radius 1 is 1.20 bits per heavy atom. The fourth-order valence-electron chi connectivity index (χ4n) is 2.24. The van der Waals surface area contributed by atoms with Gasteiger partial charge in [0.05, 0.1) is 17.0 Å². The van der Waals surface area contributed by atoms with E-state index >= 15 is 0 Å². The summed E-state index contributed by atoms with van der Waals surface area (Å²) in [5, 5.41) is 2.70. The van der Waals surface area contributed by atoms with Crippen LogP contribution in [0, 0.1) is 5.82 Å². The molecule has 9 heteroatoms. The van der Waals surface area contributed by atoms with Crippen molar-refractivity contribution in [2.75, 3.05) is 15.9 Å². The number of rotatable bonds is 5. The summed E-state index contributed by atoms with van der Waals surface area (Å²) < 4.78 is 38.5. The third-order valence-corrected chi connectivity index (χ3v) is 5.10. The van der Waals surface area contributed by atoms with Crippen LogP contribution in [0.5, 0.6) is 0 Å². The monoisotopic (exact) mass is 404 g/mol. The summed E-state index contributed by atoms with van der Waals surface area (Å²) in [5.41, 5.74) is 0.512. The van der Waals surface area contributed by atoms with Crippen LogP contribution >= 0.6 is 23.2 Å². The Morgan fingerprint density at radius 2 is 1.88 bits per heavy atom. The number of hydrogen-bond donors (Lipinski definition) is 1. The van der Waals surface area contributed by atoms with Crippen molar-refractivity contribution in [3.8, 4) is 0 Å². The van der Waals surface area contributed by atoms with Crippen LogP contribution in [-0.2, 0) is 14.8 Å². The van der Waals surface area contributed by atoms with Crippen LogP contribution in [0.2, 0.25) is 10.0 Å². The zero-order valence-electron chi connectivity index (χ0n) is 13.3. The van der Waals surface area contributed by atoms with Crippen molar-refractivity contribution in [3.05, 3.63) is 58.3 Å². The molecule has 0 aliphatic rings. The fourth-order valence-corrected chi connectivity index (χ4v) is 3.77. The maximum atomic E-state index is 13.2. The normalized spacial score (nSPS) is 12.5. The minimum absolute atomic E-state index is 0.153. The fraction of sp³-hybridized carbons (Fsp3) is 0.188. The van der Waals surface area contributed by atoms with Crippen LogP contribution in [0.1, 0.15) is 6.92 Å². The Labute approximate surface area is 155 Å². The summed E-state index contributed by atoms with van der Waals surface area (Å²) in [4.78, 5) is 12.5.